The van der Waals surface area contributed by atoms with Crippen molar-refractivity contribution in [2.45, 2.75) is 26.7 Å². The van der Waals surface area contributed by atoms with E-state index in [1.807, 2.05) is 6.07 Å². The largest absolute Gasteiger partial charge is 1.00 e. The van der Waals surface area contributed by atoms with Gasteiger partial charge in [-0.3, -0.25) is 0 Å². The van der Waals surface area contributed by atoms with Gasteiger partial charge < -0.3 is 0 Å². The van der Waals surface area contributed by atoms with Gasteiger partial charge in [-0.2, -0.15) is 24.3 Å². The Morgan fingerprint density at radius 2 is 1.61 bits per heavy atom. The summed E-state index contributed by atoms with van der Waals surface area (Å²) in [4.78, 5) is 0. The standard InChI is InChI=1S/C17H17.Li/c1-17(2,3)16-14-10-6-4-8-12(14)13-9-5-7-11-15(13)16;/h4-10,16H,1-3H3;/q-1;+1. The van der Waals surface area contributed by atoms with Gasteiger partial charge in [-0.15, -0.1) is 11.1 Å². The molecule has 1 aliphatic carbocycles. The fraction of sp³-hybridized carbons (Fsp3) is 0.294. The minimum atomic E-state index is 0. The average Bonchev–Trinajstić information content (AvgIpc) is 2.63. The van der Waals surface area contributed by atoms with E-state index >= 15 is 0 Å². The molecule has 0 spiro atoms. The van der Waals surface area contributed by atoms with Gasteiger partial charge in [0.2, 0.25) is 0 Å². The van der Waals surface area contributed by atoms with E-state index in [0.717, 1.165) is 0 Å². The van der Waals surface area contributed by atoms with E-state index in [4.69, 9.17) is 0 Å². The quantitative estimate of drug-likeness (QED) is 0.475. The molecule has 2 aromatic carbocycles. The molecule has 0 N–H and O–H groups in total. The fourth-order valence-electron chi connectivity index (χ4n) is 2.97. The molecule has 2 aromatic rings. The maximum absolute atomic E-state index is 3.45. The van der Waals surface area contributed by atoms with Crippen molar-refractivity contribution in [3.8, 4) is 11.1 Å². The molecular weight excluding hydrogens is 211 g/mol. The summed E-state index contributed by atoms with van der Waals surface area (Å²) < 4.78 is 0. The molecule has 1 unspecified atom stereocenters. The average molecular weight is 228 g/mol. The first kappa shape index (κ1) is 13.5. The Kier molecular flexibility index (Phi) is 3.45. The molecule has 0 radical (unpaired) electrons. The van der Waals surface area contributed by atoms with Crippen molar-refractivity contribution < 1.29 is 18.9 Å². The zero-order valence-electron chi connectivity index (χ0n) is 11.6. The van der Waals surface area contributed by atoms with Crippen molar-refractivity contribution in [3.05, 3.63) is 59.7 Å². The third-order valence-electron chi connectivity index (χ3n) is 3.60. The normalized spacial score (nSPS) is 16.7. The van der Waals surface area contributed by atoms with Gasteiger partial charge in [0.15, 0.2) is 0 Å². The molecule has 0 nitrogen and oxygen atoms in total. The van der Waals surface area contributed by atoms with Crippen LogP contribution < -0.4 is 18.9 Å². The van der Waals surface area contributed by atoms with E-state index in [1.165, 1.54) is 22.3 Å². The number of rotatable bonds is 0. The topological polar surface area (TPSA) is 0 Å². The molecule has 3 rings (SSSR count). The van der Waals surface area contributed by atoms with Crippen molar-refractivity contribution in [3.63, 3.8) is 0 Å². The Balaban J connectivity index is 0.00000120. The Hall–Kier alpha value is -0.963. The van der Waals surface area contributed by atoms with E-state index in [9.17, 15) is 0 Å². The Morgan fingerprint density at radius 3 is 2.33 bits per heavy atom. The van der Waals surface area contributed by atoms with Gasteiger partial charge in [-0.1, -0.05) is 50.6 Å². The minimum absolute atomic E-state index is 0. The third-order valence-corrected chi connectivity index (χ3v) is 3.60. The zero-order chi connectivity index (χ0) is 12.0. The van der Waals surface area contributed by atoms with E-state index in [-0.39, 0.29) is 24.3 Å². The Bertz CT molecular complexity index is 518. The number of benzene rings is 2. The predicted molar refractivity (Wildman–Crippen MR) is 72.0 cm³/mol. The molecule has 0 heterocycles. The molecular formula is C17H17Li. The van der Waals surface area contributed by atoms with Gasteiger partial charge in [0, 0.05) is 0 Å². The molecule has 1 atom stereocenters. The molecule has 0 fully saturated rings. The minimum Gasteiger partial charge on any atom is -0.179 e. The van der Waals surface area contributed by atoms with Crippen LogP contribution in [0.5, 0.6) is 0 Å². The van der Waals surface area contributed by atoms with Crippen molar-refractivity contribution in [2.75, 3.05) is 0 Å². The number of fused-ring (bicyclic) bond motifs is 3. The third kappa shape index (κ3) is 1.94. The van der Waals surface area contributed by atoms with E-state index in [1.54, 1.807) is 0 Å². The van der Waals surface area contributed by atoms with Crippen LogP contribution >= 0.6 is 0 Å². The summed E-state index contributed by atoms with van der Waals surface area (Å²) in [6.07, 6.45) is 0. The molecule has 18 heavy (non-hydrogen) atoms. The molecule has 1 heteroatoms. The molecule has 0 aromatic heterocycles. The summed E-state index contributed by atoms with van der Waals surface area (Å²) in [5, 5.41) is 0. The van der Waals surface area contributed by atoms with Crippen molar-refractivity contribution >= 4 is 0 Å². The number of hydrogen-bond acceptors (Lipinski definition) is 0. The molecule has 86 valence electrons. The first-order valence-electron chi connectivity index (χ1n) is 6.19. The second-order valence-corrected chi connectivity index (χ2v) is 5.88. The summed E-state index contributed by atoms with van der Waals surface area (Å²) in [5.74, 6) is 0.467. The van der Waals surface area contributed by atoms with E-state index in [2.05, 4.69) is 63.2 Å². The summed E-state index contributed by atoms with van der Waals surface area (Å²) in [7, 11) is 0. The maximum Gasteiger partial charge on any atom is 1.00 e. The Morgan fingerprint density at radius 1 is 0.944 bits per heavy atom. The van der Waals surface area contributed by atoms with Crippen LogP contribution in [-0.4, -0.2) is 0 Å². The summed E-state index contributed by atoms with van der Waals surface area (Å²) in [6.45, 7) is 6.93. The van der Waals surface area contributed by atoms with Gasteiger partial charge in [0.1, 0.15) is 0 Å². The van der Waals surface area contributed by atoms with Crippen LogP contribution in [0.25, 0.3) is 11.1 Å². The second-order valence-electron chi connectivity index (χ2n) is 5.88. The first-order valence-corrected chi connectivity index (χ1v) is 6.19. The Labute approximate surface area is 122 Å². The number of hydrogen-bond donors (Lipinski definition) is 0. The van der Waals surface area contributed by atoms with Crippen LogP contribution in [0.15, 0.2) is 42.5 Å². The zero-order valence-corrected chi connectivity index (χ0v) is 11.6. The van der Waals surface area contributed by atoms with Crippen LogP contribution in [0.4, 0.5) is 0 Å². The van der Waals surface area contributed by atoms with Crippen LogP contribution in [0, 0.1) is 11.5 Å². The van der Waals surface area contributed by atoms with Crippen LogP contribution in [-0.2, 0) is 0 Å². The van der Waals surface area contributed by atoms with Crippen molar-refractivity contribution in [1.29, 1.82) is 0 Å². The second kappa shape index (κ2) is 4.61. The van der Waals surface area contributed by atoms with Gasteiger partial charge in [0.25, 0.3) is 0 Å². The van der Waals surface area contributed by atoms with Gasteiger partial charge in [-0.05, 0) is 16.9 Å². The summed E-state index contributed by atoms with van der Waals surface area (Å²) >= 11 is 0. The molecule has 0 saturated carbocycles. The molecule has 0 amide bonds. The SMILES string of the molecule is CC(C)(C)C1c2[c-]cccc2-c2ccccc21.[Li+]. The van der Waals surface area contributed by atoms with Gasteiger partial charge in [-0.25, -0.2) is 0 Å². The predicted octanol–water partition coefficient (Wildman–Crippen LogP) is 1.65. The van der Waals surface area contributed by atoms with Crippen molar-refractivity contribution in [2.24, 2.45) is 5.41 Å². The molecule has 0 saturated heterocycles. The van der Waals surface area contributed by atoms with Crippen LogP contribution in [0.2, 0.25) is 0 Å². The monoisotopic (exact) mass is 228 g/mol. The molecule has 0 aliphatic heterocycles. The van der Waals surface area contributed by atoms with Crippen molar-refractivity contribution in [1.82, 2.24) is 0 Å². The van der Waals surface area contributed by atoms with Crippen LogP contribution in [0.1, 0.15) is 37.8 Å². The van der Waals surface area contributed by atoms with E-state index < -0.39 is 0 Å². The van der Waals surface area contributed by atoms with Gasteiger partial charge >= 0.3 is 18.9 Å². The summed E-state index contributed by atoms with van der Waals surface area (Å²) in [6, 6.07) is 18.5. The van der Waals surface area contributed by atoms with Gasteiger partial charge in [0.05, 0.1) is 0 Å². The smallest absolute Gasteiger partial charge is 0.179 e. The first-order chi connectivity index (χ1) is 8.09. The van der Waals surface area contributed by atoms with E-state index in [0.29, 0.717) is 5.92 Å². The van der Waals surface area contributed by atoms with Crippen LogP contribution in [0.3, 0.4) is 0 Å². The molecule has 0 bridgehead atoms. The summed E-state index contributed by atoms with van der Waals surface area (Å²) in [5.41, 5.74) is 5.81. The fourth-order valence-corrected chi connectivity index (χ4v) is 2.97. The maximum atomic E-state index is 3.45. The molecule has 1 aliphatic rings.